The van der Waals surface area contributed by atoms with E-state index >= 15 is 0 Å². The molecule has 0 bridgehead atoms. The second kappa shape index (κ2) is 7.99. The molecule has 10 heteroatoms. The van der Waals surface area contributed by atoms with E-state index < -0.39 is 0 Å². The maximum absolute atomic E-state index is 13.2. The van der Waals surface area contributed by atoms with Gasteiger partial charge in [-0.2, -0.15) is 0 Å². The van der Waals surface area contributed by atoms with Gasteiger partial charge in [-0.25, -0.2) is 4.98 Å². The standard InChI is InChI=1S/C21H16ClN5O2S2/c1-11-25-26-21(31-11)30-10-14-13-5-3-4-6-17(13)29-18(14)19(28)24-20-23-15-9-12(22)7-8-16(15)27(20)2/h3-9H,10H2,1-2H3,(H,23,24,28). The molecule has 7 nitrogen and oxygen atoms in total. The molecule has 0 radical (unpaired) electrons. The van der Waals surface area contributed by atoms with Crippen LogP contribution in [0.15, 0.2) is 51.2 Å². The smallest absolute Gasteiger partial charge is 0.294 e. The van der Waals surface area contributed by atoms with Crippen molar-refractivity contribution in [1.82, 2.24) is 19.7 Å². The summed E-state index contributed by atoms with van der Waals surface area (Å²) in [6.07, 6.45) is 0. The molecule has 1 N–H and O–H groups in total. The molecule has 0 saturated carbocycles. The van der Waals surface area contributed by atoms with Gasteiger partial charge in [0.15, 0.2) is 10.1 Å². The van der Waals surface area contributed by atoms with Crippen molar-refractivity contribution in [3.8, 4) is 0 Å². The molecule has 2 aromatic carbocycles. The molecule has 1 amide bonds. The van der Waals surface area contributed by atoms with Crippen molar-refractivity contribution in [2.75, 3.05) is 5.32 Å². The first-order valence-electron chi connectivity index (χ1n) is 9.36. The first kappa shape index (κ1) is 20.0. The summed E-state index contributed by atoms with van der Waals surface area (Å²) in [6, 6.07) is 13.0. The maximum Gasteiger partial charge on any atom is 0.294 e. The molecule has 0 spiro atoms. The number of amides is 1. The van der Waals surface area contributed by atoms with Crippen molar-refractivity contribution in [2.24, 2.45) is 7.05 Å². The number of carbonyl (C=O) groups excluding carboxylic acids is 1. The minimum absolute atomic E-state index is 0.264. The molecular formula is C21H16ClN5O2S2. The molecule has 0 aliphatic rings. The van der Waals surface area contributed by atoms with Crippen molar-refractivity contribution < 1.29 is 9.21 Å². The number of nitrogens with one attached hydrogen (secondary N) is 1. The summed E-state index contributed by atoms with van der Waals surface area (Å²) >= 11 is 9.12. The summed E-state index contributed by atoms with van der Waals surface area (Å²) in [7, 11) is 1.84. The predicted octanol–water partition coefficient (Wildman–Crippen LogP) is 5.68. The van der Waals surface area contributed by atoms with Crippen molar-refractivity contribution in [3.05, 3.63) is 63.8 Å². The molecule has 0 fully saturated rings. The fraction of sp³-hybridized carbons (Fsp3) is 0.143. The molecule has 5 aromatic rings. The number of fused-ring (bicyclic) bond motifs is 2. The van der Waals surface area contributed by atoms with Crippen LogP contribution < -0.4 is 5.32 Å². The van der Waals surface area contributed by atoms with Crippen LogP contribution in [0, 0.1) is 6.92 Å². The Morgan fingerprint density at radius 3 is 2.90 bits per heavy atom. The number of benzene rings is 2. The van der Waals surface area contributed by atoms with E-state index in [0.29, 0.717) is 27.8 Å². The van der Waals surface area contributed by atoms with E-state index in [9.17, 15) is 4.79 Å². The molecular weight excluding hydrogens is 454 g/mol. The van der Waals surface area contributed by atoms with E-state index in [0.717, 1.165) is 25.8 Å². The number of carbonyl (C=O) groups is 1. The molecule has 31 heavy (non-hydrogen) atoms. The zero-order chi connectivity index (χ0) is 21.5. The van der Waals surface area contributed by atoms with Gasteiger partial charge in [-0.3, -0.25) is 10.1 Å². The number of rotatable bonds is 5. The summed E-state index contributed by atoms with van der Waals surface area (Å²) in [5.41, 5.74) is 3.05. The molecule has 0 aliphatic carbocycles. The van der Waals surface area contributed by atoms with Crippen molar-refractivity contribution in [2.45, 2.75) is 17.0 Å². The molecule has 0 unspecified atom stereocenters. The van der Waals surface area contributed by atoms with Gasteiger partial charge < -0.3 is 8.98 Å². The highest BCUT2D eigenvalue weighted by atomic mass is 35.5. The highest BCUT2D eigenvalue weighted by Crippen LogP contribution is 2.33. The summed E-state index contributed by atoms with van der Waals surface area (Å²) in [6.45, 7) is 1.91. The molecule has 3 heterocycles. The molecule has 0 saturated heterocycles. The fourth-order valence-electron chi connectivity index (χ4n) is 3.34. The van der Waals surface area contributed by atoms with Crippen LogP contribution in [0.2, 0.25) is 5.02 Å². The number of aromatic nitrogens is 4. The Kier molecular flexibility index (Phi) is 5.17. The zero-order valence-electron chi connectivity index (χ0n) is 16.5. The number of anilines is 1. The quantitative estimate of drug-likeness (QED) is 0.333. The van der Waals surface area contributed by atoms with Crippen LogP contribution in [0.5, 0.6) is 0 Å². The number of hydrogen-bond donors (Lipinski definition) is 1. The van der Waals surface area contributed by atoms with Gasteiger partial charge in [-0.05, 0) is 31.2 Å². The van der Waals surface area contributed by atoms with E-state index in [1.807, 2.05) is 48.9 Å². The van der Waals surface area contributed by atoms with Crippen LogP contribution >= 0.6 is 34.7 Å². The van der Waals surface area contributed by atoms with Crippen molar-refractivity contribution in [1.29, 1.82) is 0 Å². The van der Waals surface area contributed by atoms with Crippen LogP contribution in [-0.2, 0) is 12.8 Å². The third kappa shape index (κ3) is 3.80. The topological polar surface area (TPSA) is 85.8 Å². The summed E-state index contributed by atoms with van der Waals surface area (Å²) in [4.78, 5) is 17.7. The Balaban J connectivity index is 1.49. The minimum atomic E-state index is -0.357. The second-order valence-corrected chi connectivity index (χ2v) is 9.70. The van der Waals surface area contributed by atoms with E-state index in [1.54, 1.807) is 12.1 Å². The van der Waals surface area contributed by atoms with Crippen LogP contribution in [0.25, 0.3) is 22.0 Å². The SMILES string of the molecule is Cc1nnc(SCc2c(C(=O)Nc3nc4cc(Cl)ccc4n3C)oc3ccccc23)s1. The Morgan fingerprint density at radius 2 is 2.10 bits per heavy atom. The Labute approximate surface area is 190 Å². The van der Waals surface area contributed by atoms with Gasteiger partial charge in [0.1, 0.15) is 10.6 Å². The first-order chi connectivity index (χ1) is 15.0. The third-order valence-electron chi connectivity index (χ3n) is 4.82. The lowest BCUT2D eigenvalue weighted by Crippen LogP contribution is -2.15. The first-order valence-corrected chi connectivity index (χ1v) is 11.5. The summed E-state index contributed by atoms with van der Waals surface area (Å²) < 4.78 is 8.60. The van der Waals surface area contributed by atoms with Crippen LogP contribution in [0.1, 0.15) is 21.1 Å². The van der Waals surface area contributed by atoms with Gasteiger partial charge in [0.05, 0.1) is 11.0 Å². The van der Waals surface area contributed by atoms with Gasteiger partial charge >= 0.3 is 0 Å². The minimum Gasteiger partial charge on any atom is -0.451 e. The highest BCUT2D eigenvalue weighted by Gasteiger charge is 2.23. The van der Waals surface area contributed by atoms with Gasteiger partial charge in [0.25, 0.3) is 5.91 Å². The number of thioether (sulfide) groups is 1. The Hall–Kier alpha value is -2.88. The van der Waals surface area contributed by atoms with Crippen molar-refractivity contribution in [3.63, 3.8) is 0 Å². The van der Waals surface area contributed by atoms with Crippen LogP contribution in [-0.4, -0.2) is 25.7 Å². The van der Waals surface area contributed by atoms with Crippen LogP contribution in [0.4, 0.5) is 5.95 Å². The number of imidazole rings is 1. The summed E-state index contributed by atoms with van der Waals surface area (Å²) in [5.74, 6) is 0.859. The monoisotopic (exact) mass is 469 g/mol. The van der Waals surface area contributed by atoms with Gasteiger partial charge in [0, 0.05) is 28.8 Å². The molecule has 156 valence electrons. The van der Waals surface area contributed by atoms with E-state index in [-0.39, 0.29) is 11.7 Å². The van der Waals surface area contributed by atoms with Crippen LogP contribution in [0.3, 0.4) is 0 Å². The second-order valence-electron chi connectivity index (χ2n) is 6.86. The average Bonchev–Trinajstić information content (AvgIpc) is 3.42. The molecule has 0 aliphatic heterocycles. The number of aryl methyl sites for hydroxylation is 2. The largest absolute Gasteiger partial charge is 0.451 e. The number of halogens is 1. The normalized spacial score (nSPS) is 11.5. The lowest BCUT2D eigenvalue weighted by Gasteiger charge is -2.05. The number of nitrogens with zero attached hydrogens (tertiary/aromatic N) is 4. The van der Waals surface area contributed by atoms with E-state index in [4.69, 9.17) is 16.0 Å². The predicted molar refractivity (Wildman–Crippen MR) is 124 cm³/mol. The third-order valence-corrected chi connectivity index (χ3v) is 7.05. The van der Waals surface area contributed by atoms with E-state index in [2.05, 4.69) is 20.5 Å². The number of hydrogen-bond acceptors (Lipinski definition) is 7. The Bertz CT molecular complexity index is 1440. The lowest BCUT2D eigenvalue weighted by molar-refractivity contribution is 0.0996. The molecule has 5 rings (SSSR count). The van der Waals surface area contributed by atoms with Gasteiger partial charge in [-0.1, -0.05) is 52.9 Å². The van der Waals surface area contributed by atoms with Gasteiger partial charge in [-0.15, -0.1) is 10.2 Å². The highest BCUT2D eigenvalue weighted by molar-refractivity contribution is 8.00. The average molecular weight is 470 g/mol. The number of furan rings is 1. The molecule has 0 atom stereocenters. The van der Waals surface area contributed by atoms with Gasteiger partial charge in [0.2, 0.25) is 5.95 Å². The van der Waals surface area contributed by atoms with Crippen molar-refractivity contribution >= 4 is 68.6 Å². The fourth-order valence-corrected chi connectivity index (χ4v) is 5.35. The summed E-state index contributed by atoms with van der Waals surface area (Å²) in [5, 5.41) is 13.5. The Morgan fingerprint density at radius 1 is 1.26 bits per heavy atom. The zero-order valence-corrected chi connectivity index (χ0v) is 18.9. The molecule has 3 aromatic heterocycles. The number of para-hydroxylation sites is 1. The maximum atomic E-state index is 13.2. The van der Waals surface area contributed by atoms with E-state index in [1.165, 1.54) is 23.1 Å². The lowest BCUT2D eigenvalue weighted by atomic mass is 10.1.